The first-order chi connectivity index (χ1) is 15.0. The first kappa shape index (κ1) is 19.3. The number of benzene rings is 1. The van der Waals surface area contributed by atoms with Crippen molar-refractivity contribution < 1.29 is 4.79 Å². The smallest absolute Gasteiger partial charge is 0.245 e. The standard InChI is InChI=1S/C23H25N7O/c1-15(16-7-5-4-6-8-16)22-23(31)28(2)11-12-30(22)19-10-9-18-21(25-19)20(27-26-18)17-13-24-29(3)14-17/h4-10,13-15,22H,11-12H2,1-3H3,(H,26,27). The van der Waals surface area contributed by atoms with Gasteiger partial charge in [-0.3, -0.25) is 14.6 Å². The van der Waals surface area contributed by atoms with Crippen LogP contribution in [0, 0.1) is 0 Å². The van der Waals surface area contributed by atoms with Gasteiger partial charge < -0.3 is 9.80 Å². The van der Waals surface area contributed by atoms with Gasteiger partial charge in [0.15, 0.2) is 0 Å². The molecule has 3 aromatic heterocycles. The molecule has 0 aliphatic carbocycles. The number of aromatic amines is 1. The summed E-state index contributed by atoms with van der Waals surface area (Å²) in [5, 5.41) is 11.8. The first-order valence-electron chi connectivity index (χ1n) is 10.4. The normalized spacial score (nSPS) is 18.0. The minimum Gasteiger partial charge on any atom is -0.342 e. The van der Waals surface area contributed by atoms with Crippen LogP contribution in [0.15, 0.2) is 54.9 Å². The van der Waals surface area contributed by atoms with Crippen LogP contribution in [0.2, 0.25) is 0 Å². The van der Waals surface area contributed by atoms with E-state index < -0.39 is 0 Å². The van der Waals surface area contributed by atoms with Crippen LogP contribution in [0.4, 0.5) is 5.82 Å². The zero-order valence-electron chi connectivity index (χ0n) is 17.9. The molecule has 2 unspecified atom stereocenters. The Hall–Kier alpha value is -3.68. The van der Waals surface area contributed by atoms with Crippen LogP contribution in [-0.2, 0) is 11.8 Å². The zero-order chi connectivity index (χ0) is 21.5. The second kappa shape index (κ2) is 7.54. The number of nitrogens with one attached hydrogen (secondary N) is 1. The Morgan fingerprint density at radius 3 is 2.65 bits per heavy atom. The SMILES string of the molecule is CC(c1ccccc1)C1C(=O)N(C)CCN1c1ccc2[nH]nc(-c3cnn(C)c3)c2n1. The average Bonchev–Trinajstić information content (AvgIpc) is 3.41. The Morgan fingerprint density at radius 2 is 1.90 bits per heavy atom. The third-order valence-corrected chi connectivity index (χ3v) is 6.11. The van der Waals surface area contributed by atoms with Gasteiger partial charge in [-0.1, -0.05) is 37.3 Å². The number of aromatic nitrogens is 5. The highest BCUT2D eigenvalue weighted by atomic mass is 16.2. The number of amides is 1. The molecule has 1 fully saturated rings. The highest BCUT2D eigenvalue weighted by Gasteiger charge is 2.38. The van der Waals surface area contributed by atoms with Crippen molar-refractivity contribution in [1.82, 2.24) is 29.9 Å². The summed E-state index contributed by atoms with van der Waals surface area (Å²) >= 11 is 0. The molecular formula is C23H25N7O. The van der Waals surface area contributed by atoms with E-state index in [1.165, 1.54) is 0 Å². The molecule has 1 N–H and O–H groups in total. The summed E-state index contributed by atoms with van der Waals surface area (Å²) in [7, 11) is 3.75. The lowest BCUT2D eigenvalue weighted by atomic mass is 9.90. The zero-order valence-corrected chi connectivity index (χ0v) is 17.9. The van der Waals surface area contributed by atoms with Crippen molar-refractivity contribution in [2.24, 2.45) is 7.05 Å². The van der Waals surface area contributed by atoms with E-state index in [2.05, 4.69) is 39.3 Å². The number of carbonyl (C=O) groups is 1. The molecule has 1 aliphatic heterocycles. The Balaban J connectivity index is 1.57. The van der Waals surface area contributed by atoms with Crippen LogP contribution in [0.25, 0.3) is 22.3 Å². The van der Waals surface area contributed by atoms with E-state index in [9.17, 15) is 4.79 Å². The molecule has 1 aromatic carbocycles. The maximum atomic E-state index is 13.3. The monoisotopic (exact) mass is 415 g/mol. The molecule has 158 valence electrons. The van der Waals surface area contributed by atoms with Gasteiger partial charge in [-0.2, -0.15) is 10.2 Å². The molecule has 1 aliphatic rings. The maximum Gasteiger partial charge on any atom is 0.245 e. The number of likely N-dealkylation sites (N-methyl/N-ethyl adjacent to an activating group) is 1. The highest BCUT2D eigenvalue weighted by Crippen LogP contribution is 2.32. The van der Waals surface area contributed by atoms with Crippen LogP contribution in [0.3, 0.4) is 0 Å². The summed E-state index contributed by atoms with van der Waals surface area (Å²) in [6, 6.07) is 13.8. The van der Waals surface area contributed by atoms with Crippen molar-refractivity contribution in [1.29, 1.82) is 0 Å². The van der Waals surface area contributed by atoms with Crippen LogP contribution in [-0.4, -0.2) is 61.9 Å². The third kappa shape index (κ3) is 3.34. The van der Waals surface area contributed by atoms with Gasteiger partial charge in [0.25, 0.3) is 0 Å². The van der Waals surface area contributed by atoms with Crippen molar-refractivity contribution in [3.63, 3.8) is 0 Å². The fourth-order valence-electron chi connectivity index (χ4n) is 4.34. The molecule has 4 heterocycles. The van der Waals surface area contributed by atoms with Crippen molar-refractivity contribution in [3.05, 3.63) is 60.4 Å². The average molecular weight is 416 g/mol. The van der Waals surface area contributed by atoms with E-state index in [4.69, 9.17) is 4.98 Å². The largest absolute Gasteiger partial charge is 0.342 e. The topological polar surface area (TPSA) is 82.9 Å². The van der Waals surface area contributed by atoms with Crippen molar-refractivity contribution >= 4 is 22.8 Å². The Labute approximate surface area is 180 Å². The van der Waals surface area contributed by atoms with Crippen molar-refractivity contribution in [2.75, 3.05) is 25.0 Å². The van der Waals surface area contributed by atoms with Crippen LogP contribution >= 0.6 is 0 Å². The number of pyridine rings is 1. The fraction of sp³-hybridized carbons (Fsp3) is 0.304. The van der Waals surface area contributed by atoms with E-state index >= 15 is 0 Å². The molecule has 8 heteroatoms. The molecule has 0 spiro atoms. The Kier molecular flexibility index (Phi) is 4.69. The number of anilines is 1. The van der Waals surface area contributed by atoms with Gasteiger partial charge in [-0.05, 0) is 17.7 Å². The van der Waals surface area contributed by atoms with Gasteiger partial charge in [-0.25, -0.2) is 4.98 Å². The number of carbonyl (C=O) groups excluding carboxylic acids is 1. The molecular weight excluding hydrogens is 390 g/mol. The Morgan fingerprint density at radius 1 is 1.10 bits per heavy atom. The second-order valence-corrected chi connectivity index (χ2v) is 8.14. The molecule has 31 heavy (non-hydrogen) atoms. The molecule has 8 nitrogen and oxygen atoms in total. The van der Waals surface area contributed by atoms with Gasteiger partial charge in [0.05, 0.1) is 11.7 Å². The summed E-state index contributed by atoms with van der Waals surface area (Å²) in [6.45, 7) is 3.50. The van der Waals surface area contributed by atoms with E-state index in [1.807, 2.05) is 55.5 Å². The number of piperazine rings is 1. The number of nitrogens with zero attached hydrogens (tertiary/aromatic N) is 6. The summed E-state index contributed by atoms with van der Waals surface area (Å²) in [5.41, 5.74) is 4.44. The lowest BCUT2D eigenvalue weighted by Gasteiger charge is -2.42. The maximum absolute atomic E-state index is 13.3. The van der Waals surface area contributed by atoms with Gasteiger partial charge in [0.1, 0.15) is 23.1 Å². The summed E-state index contributed by atoms with van der Waals surface area (Å²) < 4.78 is 1.75. The molecule has 1 saturated heterocycles. The van der Waals surface area contributed by atoms with Crippen molar-refractivity contribution in [2.45, 2.75) is 18.9 Å². The fourth-order valence-corrected chi connectivity index (χ4v) is 4.34. The number of aryl methyl sites for hydroxylation is 1. The van der Waals surface area contributed by atoms with E-state index in [0.29, 0.717) is 6.54 Å². The molecule has 0 saturated carbocycles. The summed E-state index contributed by atoms with van der Waals surface area (Å²) in [4.78, 5) is 22.2. The predicted molar refractivity (Wildman–Crippen MR) is 120 cm³/mol. The summed E-state index contributed by atoms with van der Waals surface area (Å²) in [5.74, 6) is 0.925. The molecule has 0 bridgehead atoms. The predicted octanol–water partition coefficient (Wildman–Crippen LogP) is 2.81. The molecule has 5 rings (SSSR count). The second-order valence-electron chi connectivity index (χ2n) is 8.14. The minimum atomic E-state index is -0.320. The van der Waals surface area contributed by atoms with E-state index in [0.717, 1.165) is 40.2 Å². The molecule has 1 amide bonds. The van der Waals surface area contributed by atoms with Gasteiger partial charge in [0, 0.05) is 44.9 Å². The third-order valence-electron chi connectivity index (χ3n) is 6.11. The number of fused-ring (bicyclic) bond motifs is 1. The lowest BCUT2D eigenvalue weighted by molar-refractivity contribution is -0.133. The van der Waals surface area contributed by atoms with Gasteiger partial charge in [-0.15, -0.1) is 0 Å². The van der Waals surface area contributed by atoms with E-state index in [1.54, 1.807) is 10.9 Å². The first-order valence-corrected chi connectivity index (χ1v) is 10.4. The lowest BCUT2D eigenvalue weighted by Crippen LogP contribution is -2.58. The highest BCUT2D eigenvalue weighted by molar-refractivity contribution is 5.91. The van der Waals surface area contributed by atoms with Gasteiger partial charge >= 0.3 is 0 Å². The molecule has 2 atom stereocenters. The number of hydrogen-bond acceptors (Lipinski definition) is 5. The summed E-state index contributed by atoms with van der Waals surface area (Å²) in [6.07, 6.45) is 3.70. The number of hydrogen-bond donors (Lipinski definition) is 1. The number of H-pyrrole nitrogens is 1. The molecule has 0 radical (unpaired) electrons. The quantitative estimate of drug-likeness (QED) is 0.554. The van der Waals surface area contributed by atoms with Crippen LogP contribution < -0.4 is 4.90 Å². The Bertz CT molecular complexity index is 1230. The van der Waals surface area contributed by atoms with Crippen LogP contribution in [0.1, 0.15) is 18.4 Å². The number of rotatable bonds is 4. The molecule has 4 aromatic rings. The van der Waals surface area contributed by atoms with Crippen LogP contribution in [0.5, 0.6) is 0 Å². The minimum absolute atomic E-state index is 0.0242. The van der Waals surface area contributed by atoms with E-state index in [-0.39, 0.29) is 17.9 Å². The van der Waals surface area contributed by atoms with Crippen molar-refractivity contribution in [3.8, 4) is 11.3 Å². The van der Waals surface area contributed by atoms with Gasteiger partial charge in [0.2, 0.25) is 5.91 Å².